The molecule has 0 aromatic heterocycles. The lowest BCUT2D eigenvalue weighted by Gasteiger charge is -2.17. The van der Waals surface area contributed by atoms with Crippen LogP contribution in [0.3, 0.4) is 0 Å². The maximum Gasteiger partial charge on any atom is 0.240 e. The number of methoxy groups -OCH3 is 2. The second kappa shape index (κ2) is 7.25. The van der Waals surface area contributed by atoms with Gasteiger partial charge in [0.2, 0.25) is 11.8 Å². The van der Waals surface area contributed by atoms with Crippen molar-refractivity contribution in [2.45, 2.75) is 12.8 Å². The van der Waals surface area contributed by atoms with E-state index in [-0.39, 0.29) is 11.8 Å². The highest BCUT2D eigenvalue weighted by molar-refractivity contribution is 6.31. The summed E-state index contributed by atoms with van der Waals surface area (Å²) in [4.78, 5) is 25.4. The number of amides is 2. The van der Waals surface area contributed by atoms with Crippen LogP contribution in [-0.4, -0.2) is 26.0 Å². The van der Waals surface area contributed by atoms with E-state index >= 15 is 0 Å². The smallest absolute Gasteiger partial charge is 0.240 e. The van der Waals surface area contributed by atoms with Crippen molar-refractivity contribution in [3.63, 3.8) is 0 Å². The van der Waals surface area contributed by atoms with Crippen LogP contribution >= 0.6 is 11.6 Å². The molecule has 1 aliphatic rings. The van der Waals surface area contributed by atoms with Gasteiger partial charge in [0.25, 0.3) is 0 Å². The van der Waals surface area contributed by atoms with Gasteiger partial charge in [-0.25, -0.2) is 0 Å². The minimum absolute atomic E-state index is 0.332. The monoisotopic (exact) mass is 374 g/mol. The van der Waals surface area contributed by atoms with Crippen LogP contribution in [0.25, 0.3) is 0 Å². The number of rotatable bonds is 6. The van der Waals surface area contributed by atoms with E-state index in [4.69, 9.17) is 21.1 Å². The Morgan fingerprint density at radius 2 is 1.62 bits per heavy atom. The van der Waals surface area contributed by atoms with Gasteiger partial charge in [0, 0.05) is 10.7 Å². The molecular formula is C19H19ClN2O4. The minimum atomic E-state index is -1.08. The Hall–Kier alpha value is -2.73. The van der Waals surface area contributed by atoms with E-state index in [2.05, 4.69) is 10.6 Å². The quantitative estimate of drug-likeness (QED) is 0.755. The van der Waals surface area contributed by atoms with Gasteiger partial charge >= 0.3 is 0 Å². The van der Waals surface area contributed by atoms with Gasteiger partial charge in [0.05, 0.1) is 19.9 Å². The van der Waals surface area contributed by atoms with E-state index in [1.54, 1.807) is 49.6 Å². The molecule has 0 radical (unpaired) electrons. The van der Waals surface area contributed by atoms with E-state index in [1.807, 2.05) is 0 Å². The molecule has 2 amide bonds. The van der Waals surface area contributed by atoms with Gasteiger partial charge in [0.15, 0.2) is 0 Å². The number of anilines is 2. The predicted molar refractivity (Wildman–Crippen MR) is 99.9 cm³/mol. The summed E-state index contributed by atoms with van der Waals surface area (Å²) in [5, 5.41) is 6.02. The highest BCUT2D eigenvalue weighted by atomic mass is 35.5. The number of nitrogens with one attached hydrogen (secondary N) is 2. The predicted octanol–water partition coefficient (Wildman–Crippen LogP) is 3.71. The summed E-state index contributed by atoms with van der Waals surface area (Å²) in [7, 11) is 3.07. The summed E-state index contributed by atoms with van der Waals surface area (Å²) >= 11 is 5.99. The lowest BCUT2D eigenvalue weighted by molar-refractivity contribution is -0.131. The Bertz CT molecular complexity index is 832. The van der Waals surface area contributed by atoms with Gasteiger partial charge < -0.3 is 20.1 Å². The van der Waals surface area contributed by atoms with E-state index in [9.17, 15) is 9.59 Å². The van der Waals surface area contributed by atoms with E-state index < -0.39 is 5.41 Å². The fraction of sp³-hybridized carbons (Fsp3) is 0.263. The van der Waals surface area contributed by atoms with Crippen molar-refractivity contribution in [3.8, 4) is 11.5 Å². The number of hydrogen-bond donors (Lipinski definition) is 2. The molecule has 1 saturated carbocycles. The normalized spacial score (nSPS) is 14.3. The summed E-state index contributed by atoms with van der Waals surface area (Å²) in [5.41, 5.74) is -0.0310. The molecule has 3 rings (SSSR count). The summed E-state index contributed by atoms with van der Waals surface area (Å²) in [6.07, 6.45) is 0.980. The van der Waals surface area contributed by atoms with Crippen LogP contribution in [0.5, 0.6) is 11.5 Å². The molecule has 1 fully saturated rings. The summed E-state index contributed by atoms with van der Waals surface area (Å²) in [6, 6.07) is 11.9. The molecule has 0 heterocycles. The highest BCUT2D eigenvalue weighted by Gasteiger charge is 2.56. The fourth-order valence-electron chi connectivity index (χ4n) is 2.63. The Morgan fingerprint density at radius 3 is 2.19 bits per heavy atom. The van der Waals surface area contributed by atoms with Crippen molar-refractivity contribution >= 4 is 34.8 Å². The number of carbonyl (C=O) groups is 2. The lowest BCUT2D eigenvalue weighted by Crippen LogP contribution is -2.35. The molecule has 1 aliphatic carbocycles. The number of halogens is 1. The first-order valence-corrected chi connectivity index (χ1v) is 8.47. The second-order valence-corrected chi connectivity index (χ2v) is 6.50. The van der Waals surface area contributed by atoms with Crippen molar-refractivity contribution in [1.29, 1.82) is 0 Å². The molecule has 7 heteroatoms. The molecule has 0 spiro atoms. The minimum Gasteiger partial charge on any atom is -0.497 e. The van der Waals surface area contributed by atoms with Crippen LogP contribution in [-0.2, 0) is 9.59 Å². The standard InChI is InChI=1S/C19H19ClN2O4/c1-25-14-6-4-13(5-7-14)21-17(23)19(9-10-19)18(24)22-15-11-12(20)3-8-16(15)26-2/h3-8,11H,9-10H2,1-2H3,(H,21,23)(H,22,24). The molecule has 2 aromatic rings. The van der Waals surface area contributed by atoms with Crippen molar-refractivity contribution in [2.75, 3.05) is 24.9 Å². The van der Waals surface area contributed by atoms with Gasteiger partial charge in [-0.05, 0) is 55.3 Å². The highest BCUT2D eigenvalue weighted by Crippen LogP contribution is 2.48. The van der Waals surface area contributed by atoms with Gasteiger partial charge in [-0.2, -0.15) is 0 Å². The topological polar surface area (TPSA) is 76.7 Å². The molecule has 6 nitrogen and oxygen atoms in total. The second-order valence-electron chi connectivity index (χ2n) is 6.06. The van der Waals surface area contributed by atoms with Crippen LogP contribution in [0.1, 0.15) is 12.8 Å². The van der Waals surface area contributed by atoms with Crippen LogP contribution in [0.15, 0.2) is 42.5 Å². The van der Waals surface area contributed by atoms with Crippen LogP contribution in [0.2, 0.25) is 5.02 Å². The Balaban J connectivity index is 1.72. The Labute approximate surface area is 156 Å². The molecule has 0 unspecified atom stereocenters. The van der Waals surface area contributed by atoms with Gasteiger partial charge in [-0.1, -0.05) is 11.6 Å². The first-order chi connectivity index (χ1) is 12.5. The molecule has 2 aromatic carbocycles. The van der Waals surface area contributed by atoms with Crippen molar-refractivity contribution in [1.82, 2.24) is 0 Å². The maximum absolute atomic E-state index is 12.7. The number of carbonyl (C=O) groups excluding carboxylic acids is 2. The Kier molecular flexibility index (Phi) is 5.04. The van der Waals surface area contributed by atoms with E-state index in [0.29, 0.717) is 40.7 Å². The van der Waals surface area contributed by atoms with Gasteiger partial charge in [-0.3, -0.25) is 9.59 Å². The summed E-state index contributed by atoms with van der Waals surface area (Å²) < 4.78 is 10.3. The number of ether oxygens (including phenoxy) is 2. The Morgan fingerprint density at radius 1 is 0.962 bits per heavy atom. The van der Waals surface area contributed by atoms with Gasteiger partial charge in [0.1, 0.15) is 16.9 Å². The van der Waals surface area contributed by atoms with Crippen molar-refractivity contribution in [3.05, 3.63) is 47.5 Å². The molecule has 136 valence electrons. The molecule has 26 heavy (non-hydrogen) atoms. The zero-order valence-electron chi connectivity index (χ0n) is 14.5. The largest absolute Gasteiger partial charge is 0.497 e. The summed E-state index contributed by atoms with van der Waals surface area (Å²) in [5.74, 6) is 0.467. The van der Waals surface area contributed by atoms with Crippen LogP contribution in [0, 0.1) is 5.41 Å². The lowest BCUT2D eigenvalue weighted by atomic mass is 10.0. The number of hydrogen-bond acceptors (Lipinski definition) is 4. The van der Waals surface area contributed by atoms with Gasteiger partial charge in [-0.15, -0.1) is 0 Å². The zero-order chi connectivity index (χ0) is 18.7. The summed E-state index contributed by atoms with van der Waals surface area (Å²) in [6.45, 7) is 0. The molecule has 0 saturated heterocycles. The first-order valence-electron chi connectivity index (χ1n) is 8.09. The van der Waals surface area contributed by atoms with Crippen LogP contribution in [0.4, 0.5) is 11.4 Å². The van der Waals surface area contributed by atoms with E-state index in [0.717, 1.165) is 0 Å². The fourth-order valence-corrected chi connectivity index (χ4v) is 2.80. The van der Waals surface area contributed by atoms with Crippen LogP contribution < -0.4 is 20.1 Å². The average molecular weight is 375 g/mol. The molecule has 0 aliphatic heterocycles. The van der Waals surface area contributed by atoms with Crippen molar-refractivity contribution < 1.29 is 19.1 Å². The third-order valence-corrected chi connectivity index (χ3v) is 4.61. The SMILES string of the molecule is COc1ccc(NC(=O)C2(C(=O)Nc3cc(Cl)ccc3OC)CC2)cc1. The zero-order valence-corrected chi connectivity index (χ0v) is 15.2. The molecular weight excluding hydrogens is 356 g/mol. The third kappa shape index (κ3) is 3.60. The van der Waals surface area contributed by atoms with E-state index in [1.165, 1.54) is 7.11 Å². The number of benzene rings is 2. The maximum atomic E-state index is 12.7. The molecule has 0 atom stereocenters. The first kappa shape index (κ1) is 18.1. The molecule has 0 bridgehead atoms. The van der Waals surface area contributed by atoms with Crippen molar-refractivity contribution in [2.24, 2.45) is 5.41 Å². The third-order valence-electron chi connectivity index (χ3n) is 4.38. The average Bonchev–Trinajstić information content (AvgIpc) is 3.45. The molecule has 2 N–H and O–H groups in total.